The van der Waals surface area contributed by atoms with Gasteiger partial charge in [-0.3, -0.25) is 0 Å². The van der Waals surface area contributed by atoms with E-state index in [1.54, 1.807) is 13.3 Å². The minimum Gasteiger partial charge on any atom is -0.496 e. The summed E-state index contributed by atoms with van der Waals surface area (Å²) >= 11 is 0. The van der Waals surface area contributed by atoms with Crippen molar-refractivity contribution in [2.75, 3.05) is 25.1 Å². The Labute approximate surface area is 134 Å². The third kappa shape index (κ3) is 2.41. The first-order valence-corrected chi connectivity index (χ1v) is 7.67. The molecule has 1 atom stereocenters. The maximum absolute atomic E-state index is 9.78. The molecule has 3 aromatic rings. The third-order valence-electron chi connectivity index (χ3n) is 4.22. The highest BCUT2D eigenvalue weighted by molar-refractivity contribution is 5.77. The van der Waals surface area contributed by atoms with Gasteiger partial charge in [0, 0.05) is 31.0 Å². The molecule has 23 heavy (non-hydrogen) atoms. The number of aliphatic hydroxyl groups excluding tert-OH is 1. The number of fused-ring (bicyclic) bond motifs is 1. The molecule has 3 heterocycles. The zero-order valence-electron chi connectivity index (χ0n) is 12.9. The summed E-state index contributed by atoms with van der Waals surface area (Å²) in [6.45, 7) is 1.42. The van der Waals surface area contributed by atoms with Crippen molar-refractivity contribution in [2.24, 2.45) is 0 Å². The Balaban J connectivity index is 1.82. The summed E-state index contributed by atoms with van der Waals surface area (Å²) in [5, 5.41) is 14.4. The highest BCUT2D eigenvalue weighted by atomic mass is 16.5. The molecule has 1 aliphatic heterocycles. The number of anilines is 1. The van der Waals surface area contributed by atoms with Crippen molar-refractivity contribution >= 4 is 11.3 Å². The molecular formula is C17H18N4O2. The lowest BCUT2D eigenvalue weighted by Gasteiger charge is -2.16. The molecule has 0 bridgehead atoms. The number of methoxy groups -OCH3 is 1. The number of aromatic nitrogens is 3. The van der Waals surface area contributed by atoms with Gasteiger partial charge >= 0.3 is 0 Å². The van der Waals surface area contributed by atoms with Crippen LogP contribution in [0.15, 0.2) is 42.7 Å². The molecule has 6 heteroatoms. The van der Waals surface area contributed by atoms with Crippen molar-refractivity contribution in [3.63, 3.8) is 0 Å². The van der Waals surface area contributed by atoms with E-state index in [0.717, 1.165) is 41.3 Å². The van der Waals surface area contributed by atoms with Crippen LogP contribution in [-0.4, -0.2) is 46.0 Å². The van der Waals surface area contributed by atoms with Gasteiger partial charge < -0.3 is 14.7 Å². The second-order valence-electron chi connectivity index (χ2n) is 5.70. The molecular weight excluding hydrogens is 292 g/mol. The van der Waals surface area contributed by atoms with E-state index < -0.39 is 0 Å². The highest BCUT2D eigenvalue weighted by Gasteiger charge is 2.24. The number of ether oxygens (including phenoxy) is 1. The summed E-state index contributed by atoms with van der Waals surface area (Å²) in [4.78, 5) is 6.60. The van der Waals surface area contributed by atoms with Crippen LogP contribution in [0.3, 0.4) is 0 Å². The van der Waals surface area contributed by atoms with Crippen LogP contribution in [0.2, 0.25) is 0 Å². The first kappa shape index (κ1) is 14.0. The first-order chi connectivity index (χ1) is 11.3. The average molecular weight is 310 g/mol. The Bertz CT molecular complexity index is 845. The van der Waals surface area contributed by atoms with Gasteiger partial charge in [0.25, 0.3) is 0 Å². The molecule has 0 spiro atoms. The predicted molar refractivity (Wildman–Crippen MR) is 87.8 cm³/mol. The first-order valence-electron chi connectivity index (χ1n) is 7.67. The maximum Gasteiger partial charge on any atom is 0.154 e. The van der Waals surface area contributed by atoms with Crippen molar-refractivity contribution in [2.45, 2.75) is 12.5 Å². The number of hydrogen-bond donors (Lipinski definition) is 1. The van der Waals surface area contributed by atoms with Crippen LogP contribution in [0.25, 0.3) is 16.8 Å². The minimum atomic E-state index is -0.284. The lowest BCUT2D eigenvalue weighted by molar-refractivity contribution is 0.198. The van der Waals surface area contributed by atoms with E-state index in [-0.39, 0.29) is 6.10 Å². The van der Waals surface area contributed by atoms with Gasteiger partial charge in [0.1, 0.15) is 11.3 Å². The van der Waals surface area contributed by atoms with Gasteiger partial charge in [0.15, 0.2) is 5.82 Å². The zero-order valence-corrected chi connectivity index (χ0v) is 12.9. The fourth-order valence-electron chi connectivity index (χ4n) is 3.07. The maximum atomic E-state index is 9.78. The molecule has 2 aromatic heterocycles. The summed E-state index contributed by atoms with van der Waals surface area (Å²) < 4.78 is 7.26. The second kappa shape index (κ2) is 5.55. The molecule has 0 amide bonds. The lowest BCUT2D eigenvalue weighted by atomic mass is 10.1. The zero-order chi connectivity index (χ0) is 15.8. The van der Waals surface area contributed by atoms with E-state index in [1.807, 2.05) is 41.0 Å². The van der Waals surface area contributed by atoms with Gasteiger partial charge in [-0.05, 0) is 24.6 Å². The molecule has 1 fully saturated rings. The standard InChI is InChI=1S/C17H18N4O2/c1-23-16-5-3-2-4-13(16)14-10-15-17(18-7-9-21(15)19-14)20-8-6-12(22)11-20/h2-5,7,9-10,12,22H,6,8,11H2,1H3. The second-order valence-corrected chi connectivity index (χ2v) is 5.70. The number of benzene rings is 1. The van der Waals surface area contributed by atoms with Gasteiger partial charge in [-0.15, -0.1) is 0 Å². The number of para-hydroxylation sites is 1. The van der Waals surface area contributed by atoms with E-state index >= 15 is 0 Å². The fourth-order valence-corrected chi connectivity index (χ4v) is 3.07. The van der Waals surface area contributed by atoms with Gasteiger partial charge in [0.05, 0.1) is 18.9 Å². The normalized spacial score (nSPS) is 17.8. The summed E-state index contributed by atoms with van der Waals surface area (Å²) in [7, 11) is 1.66. The SMILES string of the molecule is COc1ccccc1-c1cc2c(N3CCC(O)C3)nccn2n1. The van der Waals surface area contributed by atoms with Crippen molar-refractivity contribution in [1.82, 2.24) is 14.6 Å². The molecule has 1 saturated heterocycles. The van der Waals surface area contributed by atoms with E-state index in [1.165, 1.54) is 0 Å². The molecule has 4 rings (SSSR count). The van der Waals surface area contributed by atoms with Gasteiger partial charge in [0.2, 0.25) is 0 Å². The lowest BCUT2D eigenvalue weighted by Crippen LogP contribution is -2.22. The van der Waals surface area contributed by atoms with Crippen LogP contribution < -0.4 is 9.64 Å². The Morgan fingerprint density at radius 1 is 1.30 bits per heavy atom. The largest absolute Gasteiger partial charge is 0.496 e. The Hall–Kier alpha value is -2.60. The van der Waals surface area contributed by atoms with Crippen molar-refractivity contribution in [3.05, 3.63) is 42.7 Å². The molecule has 1 aromatic carbocycles. The summed E-state index contributed by atoms with van der Waals surface area (Å²) in [6, 6.07) is 9.85. The van der Waals surface area contributed by atoms with Gasteiger partial charge in [-0.25, -0.2) is 9.50 Å². The summed E-state index contributed by atoms with van der Waals surface area (Å²) in [5.74, 6) is 1.65. The number of β-amino-alcohol motifs (C(OH)–C–C–N with tert-alkyl or cyclic N) is 1. The smallest absolute Gasteiger partial charge is 0.154 e. The van der Waals surface area contributed by atoms with Gasteiger partial charge in [-0.1, -0.05) is 12.1 Å². The van der Waals surface area contributed by atoms with Crippen LogP contribution in [-0.2, 0) is 0 Å². The van der Waals surface area contributed by atoms with Crippen LogP contribution in [0.4, 0.5) is 5.82 Å². The van der Waals surface area contributed by atoms with Crippen molar-refractivity contribution in [1.29, 1.82) is 0 Å². The highest BCUT2D eigenvalue weighted by Crippen LogP contribution is 2.31. The van der Waals surface area contributed by atoms with Crippen molar-refractivity contribution < 1.29 is 9.84 Å². The fraction of sp³-hybridized carbons (Fsp3) is 0.294. The van der Waals surface area contributed by atoms with E-state index in [0.29, 0.717) is 6.54 Å². The average Bonchev–Trinajstić information content (AvgIpc) is 3.20. The number of rotatable bonds is 3. The van der Waals surface area contributed by atoms with Crippen LogP contribution in [0.1, 0.15) is 6.42 Å². The van der Waals surface area contributed by atoms with Crippen molar-refractivity contribution in [3.8, 4) is 17.0 Å². The third-order valence-corrected chi connectivity index (χ3v) is 4.22. The molecule has 1 aliphatic rings. The Morgan fingerprint density at radius 3 is 2.96 bits per heavy atom. The minimum absolute atomic E-state index is 0.284. The topological polar surface area (TPSA) is 62.9 Å². The van der Waals surface area contributed by atoms with Crippen LogP contribution in [0.5, 0.6) is 5.75 Å². The molecule has 1 N–H and O–H groups in total. The monoisotopic (exact) mass is 310 g/mol. The van der Waals surface area contributed by atoms with Gasteiger partial charge in [-0.2, -0.15) is 5.10 Å². The number of aliphatic hydroxyl groups is 1. The Morgan fingerprint density at radius 2 is 2.17 bits per heavy atom. The van der Waals surface area contributed by atoms with E-state index in [9.17, 15) is 5.11 Å². The van der Waals surface area contributed by atoms with E-state index in [4.69, 9.17) is 4.74 Å². The van der Waals surface area contributed by atoms with Crippen LogP contribution in [0, 0.1) is 0 Å². The number of hydrogen-bond acceptors (Lipinski definition) is 5. The Kier molecular flexibility index (Phi) is 3.38. The predicted octanol–water partition coefficient (Wildman–Crippen LogP) is 1.98. The molecule has 6 nitrogen and oxygen atoms in total. The molecule has 0 radical (unpaired) electrons. The molecule has 0 aliphatic carbocycles. The quantitative estimate of drug-likeness (QED) is 0.801. The summed E-state index contributed by atoms with van der Waals surface area (Å²) in [5.41, 5.74) is 2.73. The molecule has 0 saturated carbocycles. The molecule has 1 unspecified atom stereocenters. The van der Waals surface area contributed by atoms with E-state index in [2.05, 4.69) is 15.0 Å². The van der Waals surface area contributed by atoms with Crippen LogP contribution >= 0.6 is 0 Å². The molecule has 118 valence electrons. The summed E-state index contributed by atoms with van der Waals surface area (Å²) in [6.07, 6.45) is 4.07. The number of nitrogens with zero attached hydrogens (tertiary/aromatic N) is 4.